The number of carboxylic acids is 1. The van der Waals surface area contributed by atoms with Gasteiger partial charge in [-0.3, -0.25) is 4.79 Å². The van der Waals surface area contributed by atoms with Crippen LogP contribution in [0.1, 0.15) is 18.4 Å². The summed E-state index contributed by atoms with van der Waals surface area (Å²) in [5.74, 6) is -1.67. The van der Waals surface area contributed by atoms with E-state index in [1.807, 2.05) is 35.2 Å². The molecule has 0 unspecified atom stereocenters. The Hall–Kier alpha value is -1.87. The highest BCUT2D eigenvalue weighted by atomic mass is 32.2. The van der Waals surface area contributed by atoms with Gasteiger partial charge in [0.1, 0.15) is 0 Å². The molecule has 140 valence electrons. The van der Waals surface area contributed by atoms with Gasteiger partial charge in [-0.2, -0.15) is 4.99 Å². The molecule has 2 heterocycles. The summed E-state index contributed by atoms with van der Waals surface area (Å²) in [6.07, 6.45) is 0.120. The molecule has 26 heavy (non-hydrogen) atoms. The minimum atomic E-state index is -3.08. The van der Waals surface area contributed by atoms with Crippen molar-refractivity contribution in [1.82, 2.24) is 4.90 Å². The lowest BCUT2D eigenvalue weighted by Gasteiger charge is -2.24. The first kappa shape index (κ1) is 18.9. The predicted molar refractivity (Wildman–Crippen MR) is 97.4 cm³/mol. The summed E-state index contributed by atoms with van der Waals surface area (Å²) in [6.45, 7) is 0.556. The maximum Gasteiger partial charge on any atom is 0.248 e. The van der Waals surface area contributed by atoms with Crippen molar-refractivity contribution in [2.24, 2.45) is 4.99 Å². The van der Waals surface area contributed by atoms with E-state index in [9.17, 15) is 23.1 Å². The lowest BCUT2D eigenvalue weighted by Crippen LogP contribution is -2.39. The quantitative estimate of drug-likeness (QED) is 0.660. The molecule has 3 rings (SSSR count). The summed E-state index contributed by atoms with van der Waals surface area (Å²) in [6, 6.07) is 9.60. The molecule has 0 bridgehead atoms. The number of aliphatic carboxylic acids is 1. The van der Waals surface area contributed by atoms with E-state index < -0.39 is 21.7 Å². The van der Waals surface area contributed by atoms with Gasteiger partial charge in [-0.25, -0.2) is 8.42 Å². The average Bonchev–Trinajstić information content (AvgIpc) is 3.03. The van der Waals surface area contributed by atoms with Crippen LogP contribution in [0.3, 0.4) is 0 Å². The van der Waals surface area contributed by atoms with Gasteiger partial charge in [0.25, 0.3) is 0 Å². The van der Waals surface area contributed by atoms with Gasteiger partial charge in [-0.1, -0.05) is 42.1 Å². The Bertz CT molecular complexity index is 823. The summed E-state index contributed by atoms with van der Waals surface area (Å²) in [7, 11) is -3.08. The number of benzene rings is 1. The van der Waals surface area contributed by atoms with Crippen molar-refractivity contribution in [3.8, 4) is 0 Å². The zero-order valence-corrected chi connectivity index (χ0v) is 15.7. The van der Waals surface area contributed by atoms with Crippen LogP contribution in [0.25, 0.3) is 0 Å². The molecular weight excluding hydrogens is 376 g/mol. The second-order valence-electron chi connectivity index (χ2n) is 6.39. The van der Waals surface area contributed by atoms with Crippen molar-refractivity contribution in [2.45, 2.75) is 30.6 Å². The van der Waals surface area contributed by atoms with Gasteiger partial charge in [0.05, 0.1) is 17.5 Å². The normalized spacial score (nSPS) is 25.4. The third-order valence-electron chi connectivity index (χ3n) is 4.42. The van der Waals surface area contributed by atoms with Crippen LogP contribution >= 0.6 is 11.8 Å². The number of aliphatic imine (C=N–C) groups is 1. The van der Waals surface area contributed by atoms with Crippen LogP contribution in [-0.2, 0) is 25.8 Å². The Morgan fingerprint density at radius 1 is 1.19 bits per heavy atom. The Morgan fingerprint density at radius 3 is 2.62 bits per heavy atom. The Morgan fingerprint density at radius 2 is 1.92 bits per heavy atom. The number of hydrogen-bond acceptors (Lipinski definition) is 6. The Balaban J connectivity index is 1.74. The monoisotopic (exact) mass is 395 g/mol. The van der Waals surface area contributed by atoms with Crippen molar-refractivity contribution in [3.05, 3.63) is 35.9 Å². The minimum Gasteiger partial charge on any atom is -0.550 e. The third-order valence-corrected chi connectivity index (χ3v) is 7.67. The van der Waals surface area contributed by atoms with Crippen molar-refractivity contribution in [3.63, 3.8) is 0 Å². The summed E-state index contributed by atoms with van der Waals surface area (Å²) < 4.78 is 23.9. The van der Waals surface area contributed by atoms with Crippen LogP contribution in [0, 0.1) is 0 Å². The smallest absolute Gasteiger partial charge is 0.248 e. The third kappa shape index (κ3) is 4.64. The van der Waals surface area contributed by atoms with Crippen molar-refractivity contribution in [1.29, 1.82) is 0 Å². The molecule has 0 saturated carbocycles. The van der Waals surface area contributed by atoms with E-state index in [0.717, 1.165) is 5.56 Å². The number of carbonyl (C=O) groups excluding carboxylic acids is 2. The number of hydrogen-bond donors (Lipinski definition) is 0. The Kier molecular flexibility index (Phi) is 5.67. The highest BCUT2D eigenvalue weighted by Crippen LogP contribution is 2.38. The van der Waals surface area contributed by atoms with Crippen LogP contribution in [0.4, 0.5) is 0 Å². The van der Waals surface area contributed by atoms with E-state index >= 15 is 0 Å². The van der Waals surface area contributed by atoms with Crippen molar-refractivity contribution in [2.75, 3.05) is 18.1 Å². The molecule has 2 aliphatic heterocycles. The zero-order valence-electron chi connectivity index (χ0n) is 14.0. The van der Waals surface area contributed by atoms with Crippen molar-refractivity contribution < 1.29 is 23.1 Å². The maximum atomic E-state index is 12.0. The van der Waals surface area contributed by atoms with E-state index in [1.54, 1.807) is 0 Å². The number of carboxylic acid groups (broad SMARTS) is 1. The minimum absolute atomic E-state index is 0.0612. The van der Waals surface area contributed by atoms with Gasteiger partial charge in [0.15, 0.2) is 15.0 Å². The topological polar surface area (TPSA) is 107 Å². The summed E-state index contributed by atoms with van der Waals surface area (Å²) >= 11 is 1.30. The van der Waals surface area contributed by atoms with E-state index in [-0.39, 0.29) is 35.6 Å². The molecule has 1 aromatic rings. The molecule has 2 aliphatic rings. The zero-order chi connectivity index (χ0) is 18.7. The molecule has 0 N–H and O–H groups in total. The number of fused-ring (bicyclic) bond motifs is 1. The average molecular weight is 395 g/mol. The Labute approximate surface area is 156 Å². The van der Waals surface area contributed by atoms with Crippen LogP contribution in [0.15, 0.2) is 35.3 Å². The molecule has 1 amide bonds. The molecule has 2 saturated heterocycles. The molecule has 0 radical (unpaired) electrons. The second-order valence-corrected chi connectivity index (χ2v) is 9.75. The van der Waals surface area contributed by atoms with E-state index in [2.05, 4.69) is 4.99 Å². The van der Waals surface area contributed by atoms with Crippen molar-refractivity contribution >= 4 is 38.6 Å². The molecule has 1 aromatic carbocycles. The molecule has 2 atom stereocenters. The lowest BCUT2D eigenvalue weighted by atomic mass is 10.1. The second kappa shape index (κ2) is 7.79. The number of amidine groups is 1. The maximum absolute atomic E-state index is 12.0. The summed E-state index contributed by atoms with van der Waals surface area (Å²) in [5, 5.41) is 10.9. The highest BCUT2D eigenvalue weighted by molar-refractivity contribution is 8.15. The molecule has 0 aromatic heterocycles. The number of sulfone groups is 1. The molecular formula is C17H19N2O5S2-. The lowest BCUT2D eigenvalue weighted by molar-refractivity contribution is -0.305. The van der Waals surface area contributed by atoms with Gasteiger partial charge in [-0.15, -0.1) is 0 Å². The fraction of sp³-hybridized carbons (Fsp3) is 0.471. The SMILES string of the molecule is O=C([O-])CCC(=O)N=C1S[C@@H]2CS(=O)(=O)C[C@H]2N1CCc1ccccc1. The molecule has 0 spiro atoms. The summed E-state index contributed by atoms with van der Waals surface area (Å²) in [4.78, 5) is 28.4. The molecule has 7 nitrogen and oxygen atoms in total. The largest absolute Gasteiger partial charge is 0.550 e. The van der Waals surface area contributed by atoms with Crippen LogP contribution < -0.4 is 5.11 Å². The van der Waals surface area contributed by atoms with E-state index in [0.29, 0.717) is 18.1 Å². The standard InChI is InChI=1S/C17H20N2O5S2/c20-15(6-7-16(21)22)18-17-19(9-8-12-4-2-1-3-5-12)13-10-26(23,24)11-14(13)25-17/h1-5,13-14H,6-11H2,(H,21,22)/p-1/t13-,14-/m1/s1. The van der Waals surface area contributed by atoms with Crippen LogP contribution in [0.5, 0.6) is 0 Å². The first-order chi connectivity index (χ1) is 12.3. The first-order valence-corrected chi connectivity index (χ1v) is 11.0. The van der Waals surface area contributed by atoms with Gasteiger partial charge in [0.2, 0.25) is 5.91 Å². The van der Waals surface area contributed by atoms with Gasteiger partial charge < -0.3 is 14.8 Å². The fourth-order valence-corrected chi connectivity index (χ4v) is 7.16. The van der Waals surface area contributed by atoms with Crippen LogP contribution in [-0.4, -0.2) is 59.7 Å². The number of nitrogens with zero attached hydrogens (tertiary/aromatic N) is 2. The van der Waals surface area contributed by atoms with Gasteiger partial charge in [-0.05, 0) is 18.4 Å². The number of amides is 1. The number of thioether (sulfide) groups is 1. The van der Waals surface area contributed by atoms with Crippen LogP contribution in [0.2, 0.25) is 0 Å². The van der Waals surface area contributed by atoms with E-state index in [1.165, 1.54) is 11.8 Å². The summed E-state index contributed by atoms with van der Waals surface area (Å²) in [5.41, 5.74) is 1.12. The molecule has 2 fully saturated rings. The number of carbonyl (C=O) groups is 2. The molecule has 0 aliphatic carbocycles. The first-order valence-electron chi connectivity index (χ1n) is 8.33. The fourth-order valence-electron chi connectivity index (χ4n) is 3.16. The highest BCUT2D eigenvalue weighted by Gasteiger charge is 2.48. The van der Waals surface area contributed by atoms with E-state index in [4.69, 9.17) is 0 Å². The predicted octanol–water partition coefficient (Wildman–Crippen LogP) is -0.144. The van der Waals surface area contributed by atoms with Gasteiger partial charge >= 0.3 is 0 Å². The van der Waals surface area contributed by atoms with Gasteiger partial charge in [0, 0.05) is 24.2 Å². The number of rotatable bonds is 6. The molecule has 9 heteroatoms.